The summed E-state index contributed by atoms with van der Waals surface area (Å²) in [6.45, 7) is 0. The number of halogens is 1. The number of hydrogen-bond donors (Lipinski definition) is 1. The molecule has 0 aliphatic carbocycles. The molecule has 0 rings (SSSR count). The highest BCUT2D eigenvalue weighted by molar-refractivity contribution is 6.17. The average Bonchev–Trinajstić information content (AvgIpc) is 1.83. The van der Waals surface area contributed by atoms with Crippen LogP contribution in [0.2, 0.25) is 0 Å². The number of rotatable bonds is 3. The Bertz CT molecular complexity index is 73.7. The Labute approximate surface area is 52.1 Å². The first kappa shape index (κ1) is 7.72. The van der Waals surface area contributed by atoms with Gasteiger partial charge in [0.2, 0.25) is 0 Å². The Kier molecular flexibility index (Phi) is 4.70. The monoisotopic (exact) mass is 138 g/mol. The van der Waals surface area contributed by atoms with Gasteiger partial charge in [-0.2, -0.15) is 5.26 Å². The molecule has 48 valence electrons. The zero-order chi connectivity index (χ0) is 6.41. The number of carbonyl (C=O) groups excluding carboxylic acids is 1. The molecule has 0 spiro atoms. The van der Waals surface area contributed by atoms with Gasteiger partial charge in [0.25, 0.3) is 0 Å². The second-order valence-electron chi connectivity index (χ2n) is 1.26. The predicted octanol–water partition coefficient (Wildman–Crippen LogP) is 1.02. The Morgan fingerprint density at radius 3 is 2.75 bits per heavy atom. The van der Waals surface area contributed by atoms with E-state index in [0.29, 0.717) is 12.3 Å². The number of carbonyl (C=O) groups is 1. The highest BCUT2D eigenvalue weighted by Crippen LogP contribution is 1.92. The van der Waals surface area contributed by atoms with Crippen molar-refractivity contribution in [3.8, 4) is 0 Å². The van der Waals surface area contributed by atoms with E-state index in [1.165, 1.54) is 0 Å². The van der Waals surface area contributed by atoms with E-state index >= 15 is 0 Å². The molecular formula is C4H7ClO3. The van der Waals surface area contributed by atoms with Crippen molar-refractivity contribution in [1.29, 1.82) is 0 Å². The maximum atomic E-state index is 10.0. The van der Waals surface area contributed by atoms with E-state index in [1.54, 1.807) is 0 Å². The molecule has 0 saturated carbocycles. The van der Waals surface area contributed by atoms with Gasteiger partial charge in [-0.15, -0.1) is 11.6 Å². The van der Waals surface area contributed by atoms with Gasteiger partial charge in [-0.3, -0.25) is 0 Å². The quantitative estimate of drug-likeness (QED) is 0.360. The lowest BCUT2D eigenvalue weighted by Gasteiger charge is -1.90. The van der Waals surface area contributed by atoms with Crippen LogP contribution < -0.4 is 0 Å². The standard InChI is InChI=1S/C4H7ClO3/c5-3-1-2-4(6)8-7/h7H,1-3H2. The fraction of sp³-hybridized carbons (Fsp3) is 0.750. The second-order valence-corrected chi connectivity index (χ2v) is 1.63. The van der Waals surface area contributed by atoms with Crippen molar-refractivity contribution in [3.63, 3.8) is 0 Å². The van der Waals surface area contributed by atoms with Crippen LogP contribution in [-0.4, -0.2) is 17.1 Å². The molecule has 0 saturated heterocycles. The Hall–Kier alpha value is -0.280. The summed E-state index contributed by atoms with van der Waals surface area (Å²) in [4.78, 5) is 13.4. The molecule has 3 nitrogen and oxygen atoms in total. The molecule has 0 atom stereocenters. The van der Waals surface area contributed by atoms with E-state index in [-0.39, 0.29) is 6.42 Å². The van der Waals surface area contributed by atoms with Gasteiger partial charge < -0.3 is 4.89 Å². The molecule has 4 heteroatoms. The highest BCUT2D eigenvalue weighted by atomic mass is 35.5. The lowest BCUT2D eigenvalue weighted by atomic mass is 10.3. The summed E-state index contributed by atoms with van der Waals surface area (Å²) in [7, 11) is 0. The van der Waals surface area contributed by atoms with Crippen molar-refractivity contribution >= 4 is 17.6 Å². The zero-order valence-electron chi connectivity index (χ0n) is 4.26. The third-order valence-electron chi connectivity index (χ3n) is 0.616. The van der Waals surface area contributed by atoms with Gasteiger partial charge in [0.1, 0.15) is 0 Å². The summed E-state index contributed by atoms with van der Waals surface area (Å²) in [6, 6.07) is 0. The first-order valence-corrected chi connectivity index (χ1v) is 2.75. The van der Waals surface area contributed by atoms with Crippen LogP contribution >= 0.6 is 11.6 Å². The molecule has 1 N–H and O–H groups in total. The molecule has 0 aliphatic heterocycles. The minimum atomic E-state index is -0.634. The SMILES string of the molecule is O=C(CCCCl)OO. The third-order valence-corrected chi connectivity index (χ3v) is 0.884. The lowest BCUT2D eigenvalue weighted by molar-refractivity contribution is -0.234. The van der Waals surface area contributed by atoms with Gasteiger partial charge >= 0.3 is 5.97 Å². The van der Waals surface area contributed by atoms with E-state index in [9.17, 15) is 4.79 Å². The van der Waals surface area contributed by atoms with Crippen molar-refractivity contribution in [2.75, 3.05) is 5.88 Å². The van der Waals surface area contributed by atoms with Gasteiger partial charge in [0.05, 0.1) is 0 Å². The second kappa shape index (κ2) is 4.87. The molecule has 0 fully saturated rings. The van der Waals surface area contributed by atoms with E-state index in [4.69, 9.17) is 16.9 Å². The van der Waals surface area contributed by atoms with Crippen LogP contribution in [0.3, 0.4) is 0 Å². The Morgan fingerprint density at radius 2 is 2.38 bits per heavy atom. The summed E-state index contributed by atoms with van der Waals surface area (Å²) in [5.74, 6) is -0.222. The first-order chi connectivity index (χ1) is 3.81. The van der Waals surface area contributed by atoms with E-state index < -0.39 is 5.97 Å². The first-order valence-electron chi connectivity index (χ1n) is 2.21. The van der Waals surface area contributed by atoms with E-state index in [1.807, 2.05) is 0 Å². The molecule has 0 aliphatic rings. The van der Waals surface area contributed by atoms with E-state index in [2.05, 4.69) is 4.89 Å². The predicted molar refractivity (Wildman–Crippen MR) is 28.7 cm³/mol. The third kappa shape index (κ3) is 3.89. The molecule has 0 aromatic heterocycles. The maximum absolute atomic E-state index is 10.0. The summed E-state index contributed by atoms with van der Waals surface area (Å²) >= 11 is 5.21. The molecular weight excluding hydrogens is 131 g/mol. The molecule has 8 heavy (non-hydrogen) atoms. The van der Waals surface area contributed by atoms with Crippen LogP contribution in [0.25, 0.3) is 0 Å². The van der Waals surface area contributed by atoms with Crippen LogP contribution in [0.5, 0.6) is 0 Å². The van der Waals surface area contributed by atoms with Gasteiger partial charge in [-0.05, 0) is 6.42 Å². The average molecular weight is 139 g/mol. The van der Waals surface area contributed by atoms with E-state index in [0.717, 1.165) is 0 Å². The molecule has 0 aromatic rings. The summed E-state index contributed by atoms with van der Waals surface area (Å²) in [5, 5.41) is 7.67. The van der Waals surface area contributed by atoms with Crippen LogP contribution in [0.4, 0.5) is 0 Å². The minimum Gasteiger partial charge on any atom is -0.301 e. The van der Waals surface area contributed by atoms with Crippen LogP contribution in [-0.2, 0) is 9.68 Å². The van der Waals surface area contributed by atoms with Crippen LogP contribution in [0.15, 0.2) is 0 Å². The lowest BCUT2D eigenvalue weighted by Crippen LogP contribution is -1.99. The summed E-state index contributed by atoms with van der Waals surface area (Å²) < 4.78 is 0. The van der Waals surface area contributed by atoms with Crippen molar-refractivity contribution < 1.29 is 14.9 Å². The minimum absolute atomic E-state index is 0.181. The topological polar surface area (TPSA) is 46.5 Å². The molecule has 0 heterocycles. The van der Waals surface area contributed by atoms with Crippen LogP contribution in [0, 0.1) is 0 Å². The van der Waals surface area contributed by atoms with Gasteiger partial charge in [0.15, 0.2) is 0 Å². The summed E-state index contributed by atoms with van der Waals surface area (Å²) in [6.07, 6.45) is 0.723. The van der Waals surface area contributed by atoms with Crippen molar-refractivity contribution in [3.05, 3.63) is 0 Å². The molecule has 0 amide bonds. The van der Waals surface area contributed by atoms with Gasteiger partial charge in [-0.25, -0.2) is 4.79 Å². The van der Waals surface area contributed by atoms with Crippen molar-refractivity contribution in [2.24, 2.45) is 0 Å². The highest BCUT2D eigenvalue weighted by Gasteiger charge is 1.98. The fourth-order valence-electron chi connectivity index (χ4n) is 0.257. The summed E-state index contributed by atoms with van der Waals surface area (Å²) in [5.41, 5.74) is 0. The Morgan fingerprint density at radius 1 is 1.75 bits per heavy atom. The molecule has 0 unspecified atom stereocenters. The van der Waals surface area contributed by atoms with Crippen LogP contribution in [0.1, 0.15) is 12.8 Å². The fourth-order valence-corrected chi connectivity index (χ4v) is 0.390. The Balaban J connectivity index is 2.99. The largest absolute Gasteiger partial charge is 0.342 e. The van der Waals surface area contributed by atoms with Gasteiger partial charge in [-0.1, -0.05) is 0 Å². The maximum Gasteiger partial charge on any atom is 0.342 e. The normalized spacial score (nSPS) is 8.75. The number of alkyl halides is 1. The van der Waals surface area contributed by atoms with Gasteiger partial charge in [0, 0.05) is 12.3 Å². The molecule has 0 radical (unpaired) electrons. The van der Waals surface area contributed by atoms with Crippen molar-refractivity contribution in [2.45, 2.75) is 12.8 Å². The smallest absolute Gasteiger partial charge is 0.301 e. The molecule has 0 bridgehead atoms. The number of hydrogen-bond acceptors (Lipinski definition) is 3. The zero-order valence-corrected chi connectivity index (χ0v) is 5.02. The van der Waals surface area contributed by atoms with Crippen molar-refractivity contribution in [1.82, 2.24) is 0 Å². The molecule has 0 aromatic carbocycles.